The van der Waals surface area contributed by atoms with Crippen LogP contribution in [0.3, 0.4) is 0 Å². The summed E-state index contributed by atoms with van der Waals surface area (Å²) in [4.78, 5) is 12.7. The lowest BCUT2D eigenvalue weighted by molar-refractivity contribution is -0.137. The molecule has 1 amide bonds. The van der Waals surface area contributed by atoms with Gasteiger partial charge in [-0.2, -0.15) is 21.8 Å². The predicted octanol–water partition coefficient (Wildman–Crippen LogP) is 0.493. The van der Waals surface area contributed by atoms with E-state index in [0.29, 0.717) is 10.4 Å². The highest BCUT2D eigenvalue weighted by Crippen LogP contribution is 2.36. The van der Waals surface area contributed by atoms with Crippen LogP contribution in [0.15, 0.2) is 40.6 Å². The van der Waals surface area contributed by atoms with Crippen LogP contribution in [0.25, 0.3) is 10.4 Å². The first-order chi connectivity index (χ1) is 17.5. The third-order valence-corrected chi connectivity index (χ3v) is 11.5. The normalized spacial score (nSPS) is 18.4. The average molecular weight is 621 g/mol. The van der Waals surface area contributed by atoms with Gasteiger partial charge in [0.2, 0.25) is 20.0 Å². The number of sulfonamides is 3. The molecule has 0 aliphatic carbocycles. The molecule has 1 aromatic heterocycles. The van der Waals surface area contributed by atoms with Gasteiger partial charge in [-0.05, 0) is 29.8 Å². The number of nitrogens with one attached hydrogen (secondary N) is 2. The largest absolute Gasteiger partial charge is 0.416 e. The second kappa shape index (κ2) is 11.2. The summed E-state index contributed by atoms with van der Waals surface area (Å²) in [6, 6.07) is 5.03. The number of benzene rings is 1. The van der Waals surface area contributed by atoms with Crippen molar-refractivity contribution in [2.75, 3.05) is 38.2 Å². The average Bonchev–Trinajstić information content (AvgIpc) is 3.33. The number of piperazine rings is 1. The van der Waals surface area contributed by atoms with Crippen LogP contribution in [0.5, 0.6) is 0 Å². The Morgan fingerprint density at radius 1 is 1.05 bits per heavy atom. The van der Waals surface area contributed by atoms with E-state index in [9.17, 15) is 43.2 Å². The monoisotopic (exact) mass is 620 g/mol. The number of amides is 1. The van der Waals surface area contributed by atoms with E-state index in [-0.39, 0.29) is 10.8 Å². The minimum Gasteiger partial charge on any atom is -0.289 e. The molecule has 1 aromatic carbocycles. The standard InChI is InChI=1S/C19H23F3N4O8S4/c1-36(29,30)23-8-11-37(31,32)25-9-10-26(15(12-25)18(27)24-28)38(33,34)17-7-6-16(35-17)13-2-4-14(5-3-13)19(20,21)22/h2-7,15,23,28H,8-12H2,1H3,(H,24,27)/t15-/m1/s1. The first kappa shape index (κ1) is 30.4. The van der Waals surface area contributed by atoms with E-state index >= 15 is 0 Å². The molecular weight excluding hydrogens is 597 g/mol. The molecule has 2 heterocycles. The maximum atomic E-state index is 13.4. The summed E-state index contributed by atoms with van der Waals surface area (Å²) >= 11 is 0.739. The fourth-order valence-corrected chi connectivity index (χ4v) is 8.57. The predicted molar refractivity (Wildman–Crippen MR) is 131 cm³/mol. The van der Waals surface area contributed by atoms with E-state index in [0.717, 1.165) is 38.3 Å². The molecule has 1 aliphatic rings. The van der Waals surface area contributed by atoms with Crippen molar-refractivity contribution in [3.05, 3.63) is 42.0 Å². The van der Waals surface area contributed by atoms with Gasteiger partial charge in [0.15, 0.2) is 0 Å². The van der Waals surface area contributed by atoms with E-state index < -0.39 is 79.1 Å². The van der Waals surface area contributed by atoms with Crippen molar-refractivity contribution < 1.29 is 48.4 Å². The number of hydroxylamine groups is 1. The van der Waals surface area contributed by atoms with Gasteiger partial charge in [0.05, 0.1) is 17.6 Å². The lowest BCUT2D eigenvalue weighted by Gasteiger charge is -2.38. The maximum absolute atomic E-state index is 13.4. The Morgan fingerprint density at radius 3 is 2.24 bits per heavy atom. The second-order valence-electron chi connectivity index (χ2n) is 8.14. The zero-order valence-corrected chi connectivity index (χ0v) is 22.8. The van der Waals surface area contributed by atoms with E-state index in [1.165, 1.54) is 29.7 Å². The Labute approximate surface area is 221 Å². The first-order valence-electron chi connectivity index (χ1n) is 10.6. The van der Waals surface area contributed by atoms with Crippen LogP contribution in [0.4, 0.5) is 13.2 Å². The number of hydrogen-bond donors (Lipinski definition) is 3. The van der Waals surface area contributed by atoms with Crippen LogP contribution < -0.4 is 10.2 Å². The number of alkyl halides is 3. The van der Waals surface area contributed by atoms with E-state index in [4.69, 9.17) is 5.21 Å². The zero-order valence-electron chi connectivity index (χ0n) is 19.5. The fraction of sp³-hybridized carbons (Fsp3) is 0.421. The van der Waals surface area contributed by atoms with Crippen molar-refractivity contribution in [3.63, 3.8) is 0 Å². The smallest absolute Gasteiger partial charge is 0.289 e. The summed E-state index contributed by atoms with van der Waals surface area (Å²) < 4.78 is 116. The molecule has 0 spiro atoms. The van der Waals surface area contributed by atoms with Gasteiger partial charge in [-0.15, -0.1) is 11.3 Å². The third kappa shape index (κ3) is 7.08. The van der Waals surface area contributed by atoms with Crippen molar-refractivity contribution in [1.29, 1.82) is 0 Å². The summed E-state index contributed by atoms with van der Waals surface area (Å²) in [5, 5.41) is 9.15. The number of hydrogen-bond acceptors (Lipinski definition) is 9. The van der Waals surface area contributed by atoms with E-state index in [1.807, 2.05) is 4.72 Å². The Morgan fingerprint density at radius 2 is 1.68 bits per heavy atom. The van der Waals surface area contributed by atoms with Crippen molar-refractivity contribution in [1.82, 2.24) is 18.8 Å². The van der Waals surface area contributed by atoms with Crippen molar-refractivity contribution in [2.45, 2.75) is 16.4 Å². The maximum Gasteiger partial charge on any atom is 0.416 e. The molecule has 1 saturated heterocycles. The molecule has 1 aliphatic heterocycles. The first-order valence-corrected chi connectivity index (χ1v) is 16.4. The van der Waals surface area contributed by atoms with Crippen LogP contribution in [0.2, 0.25) is 0 Å². The Kier molecular flexibility index (Phi) is 8.93. The van der Waals surface area contributed by atoms with Gasteiger partial charge in [0, 0.05) is 31.1 Å². The molecule has 0 radical (unpaired) electrons. The van der Waals surface area contributed by atoms with Crippen molar-refractivity contribution in [2.24, 2.45) is 0 Å². The van der Waals surface area contributed by atoms with Crippen LogP contribution >= 0.6 is 11.3 Å². The number of carbonyl (C=O) groups is 1. The number of nitrogens with zero attached hydrogens (tertiary/aromatic N) is 2. The molecular formula is C19H23F3N4O8S4. The summed E-state index contributed by atoms with van der Waals surface area (Å²) in [6.45, 7) is -1.91. The fourth-order valence-electron chi connectivity index (χ4n) is 3.61. The zero-order chi connectivity index (χ0) is 28.5. The van der Waals surface area contributed by atoms with Crippen molar-refractivity contribution >= 4 is 47.3 Å². The molecule has 212 valence electrons. The third-order valence-electron chi connectivity index (χ3n) is 5.47. The molecule has 3 rings (SSSR count). The molecule has 12 nitrogen and oxygen atoms in total. The van der Waals surface area contributed by atoms with Crippen LogP contribution in [0, 0.1) is 0 Å². The molecule has 1 fully saturated rings. The highest BCUT2D eigenvalue weighted by Gasteiger charge is 2.43. The quantitative estimate of drug-likeness (QED) is 0.269. The number of halogens is 3. The van der Waals surface area contributed by atoms with E-state index in [2.05, 4.69) is 0 Å². The molecule has 38 heavy (non-hydrogen) atoms. The Balaban J connectivity index is 1.83. The molecule has 0 unspecified atom stereocenters. The van der Waals surface area contributed by atoms with Gasteiger partial charge in [-0.3, -0.25) is 10.0 Å². The summed E-state index contributed by atoms with van der Waals surface area (Å²) in [7, 11) is -12.2. The second-order valence-corrected chi connectivity index (χ2v) is 15.3. The van der Waals surface area contributed by atoms with Gasteiger partial charge >= 0.3 is 6.18 Å². The molecule has 19 heteroatoms. The van der Waals surface area contributed by atoms with Crippen LogP contribution in [-0.2, 0) is 41.0 Å². The molecule has 0 saturated carbocycles. The topological polar surface area (TPSA) is 170 Å². The number of rotatable bonds is 9. The van der Waals surface area contributed by atoms with Gasteiger partial charge in [-0.1, -0.05) is 12.1 Å². The Bertz CT molecular complexity index is 1490. The number of thiophene rings is 1. The Hall–Kier alpha value is -2.13. The van der Waals surface area contributed by atoms with Gasteiger partial charge in [0.25, 0.3) is 15.9 Å². The summed E-state index contributed by atoms with van der Waals surface area (Å²) in [5.74, 6) is -1.84. The van der Waals surface area contributed by atoms with Gasteiger partial charge in [0.1, 0.15) is 10.3 Å². The van der Waals surface area contributed by atoms with Crippen LogP contribution in [0.1, 0.15) is 5.56 Å². The van der Waals surface area contributed by atoms with E-state index in [1.54, 1.807) is 0 Å². The summed E-state index contributed by atoms with van der Waals surface area (Å²) in [5.41, 5.74) is 0.780. The molecule has 3 N–H and O–H groups in total. The van der Waals surface area contributed by atoms with Crippen LogP contribution in [-0.4, -0.2) is 89.2 Å². The minimum atomic E-state index is -4.54. The molecule has 1 atom stereocenters. The van der Waals surface area contributed by atoms with Gasteiger partial charge < -0.3 is 0 Å². The SMILES string of the molecule is CS(=O)(=O)NCCS(=O)(=O)N1CCN(S(=O)(=O)c2ccc(-c3ccc(C(F)(F)F)cc3)s2)[C@@H](C(=O)NO)C1. The highest BCUT2D eigenvalue weighted by atomic mass is 32.2. The molecule has 0 bridgehead atoms. The number of carbonyl (C=O) groups excluding carboxylic acids is 1. The van der Waals surface area contributed by atoms with Crippen molar-refractivity contribution in [3.8, 4) is 10.4 Å². The highest BCUT2D eigenvalue weighted by molar-refractivity contribution is 7.91. The molecule has 2 aromatic rings. The van der Waals surface area contributed by atoms with Gasteiger partial charge in [-0.25, -0.2) is 35.5 Å². The minimum absolute atomic E-state index is 0.253. The lowest BCUT2D eigenvalue weighted by atomic mass is 10.1. The lowest BCUT2D eigenvalue weighted by Crippen LogP contribution is -2.61. The summed E-state index contributed by atoms with van der Waals surface area (Å²) in [6.07, 6.45) is -3.69.